The van der Waals surface area contributed by atoms with Gasteiger partial charge in [0.15, 0.2) is 0 Å². The zero-order valence-electron chi connectivity index (χ0n) is 12.6. The van der Waals surface area contributed by atoms with Crippen LogP contribution in [-0.2, 0) is 11.3 Å². The summed E-state index contributed by atoms with van der Waals surface area (Å²) in [5.41, 5.74) is 3.37. The minimum Gasteiger partial charge on any atom is -0.354 e. The lowest BCUT2D eigenvalue weighted by Crippen LogP contribution is -2.45. The van der Waals surface area contributed by atoms with Crippen LogP contribution in [0.4, 0.5) is 0 Å². The van der Waals surface area contributed by atoms with E-state index in [-0.39, 0.29) is 17.9 Å². The summed E-state index contributed by atoms with van der Waals surface area (Å²) in [6, 6.07) is -0.294. The van der Waals surface area contributed by atoms with Gasteiger partial charge < -0.3 is 10.2 Å². The number of amides is 2. The largest absolute Gasteiger partial charge is 0.354 e. The van der Waals surface area contributed by atoms with Gasteiger partial charge in [0.25, 0.3) is 5.91 Å². The minimum atomic E-state index is -0.294. The van der Waals surface area contributed by atoms with E-state index in [9.17, 15) is 9.59 Å². The number of nitrogens with one attached hydrogen (secondary N) is 1. The van der Waals surface area contributed by atoms with E-state index in [2.05, 4.69) is 11.4 Å². The Hall–Kier alpha value is -1.62. The second-order valence-electron chi connectivity index (χ2n) is 6.31. The molecule has 2 aliphatic heterocycles. The zero-order chi connectivity index (χ0) is 15.1. The Bertz CT molecular complexity index is 662. The Morgan fingerprint density at radius 3 is 2.95 bits per heavy atom. The van der Waals surface area contributed by atoms with Gasteiger partial charge in [-0.2, -0.15) is 0 Å². The smallest absolute Gasteiger partial charge is 0.256 e. The van der Waals surface area contributed by atoms with Crippen LogP contribution in [0.3, 0.4) is 0 Å². The molecule has 0 radical (unpaired) electrons. The highest BCUT2D eigenvalue weighted by molar-refractivity contribution is 7.11. The lowest BCUT2D eigenvalue weighted by Gasteiger charge is -2.25. The fourth-order valence-electron chi connectivity index (χ4n) is 3.73. The number of carbonyl (C=O) groups excluding carboxylic acids is 2. The van der Waals surface area contributed by atoms with Crippen LogP contribution < -0.4 is 5.32 Å². The molecular weight excluding hydrogens is 296 g/mol. The van der Waals surface area contributed by atoms with Gasteiger partial charge in [0.2, 0.25) is 5.91 Å². The summed E-state index contributed by atoms with van der Waals surface area (Å²) in [4.78, 5) is 28.0. The van der Waals surface area contributed by atoms with Gasteiger partial charge in [-0.3, -0.25) is 9.59 Å². The first-order chi connectivity index (χ1) is 10.8. The van der Waals surface area contributed by atoms with Crippen LogP contribution in [-0.4, -0.2) is 29.3 Å². The fourth-order valence-corrected chi connectivity index (χ4v) is 4.87. The van der Waals surface area contributed by atoms with Gasteiger partial charge in [0, 0.05) is 28.9 Å². The molecule has 3 aliphatic rings. The van der Waals surface area contributed by atoms with Gasteiger partial charge in [-0.05, 0) is 44.1 Å². The van der Waals surface area contributed by atoms with Crippen LogP contribution in [0, 0.1) is 0 Å². The summed E-state index contributed by atoms with van der Waals surface area (Å²) >= 11 is 1.69. The van der Waals surface area contributed by atoms with E-state index in [1.807, 2.05) is 5.38 Å². The first kappa shape index (κ1) is 14.0. The van der Waals surface area contributed by atoms with Gasteiger partial charge >= 0.3 is 0 Å². The van der Waals surface area contributed by atoms with Gasteiger partial charge in [-0.1, -0.05) is 6.08 Å². The van der Waals surface area contributed by atoms with Crippen molar-refractivity contribution < 1.29 is 9.59 Å². The van der Waals surface area contributed by atoms with Crippen molar-refractivity contribution in [3.63, 3.8) is 0 Å². The number of nitrogens with zero attached hydrogens (tertiary/aromatic N) is 1. The third-order valence-corrected chi connectivity index (χ3v) is 6.03. The third kappa shape index (κ3) is 2.19. The Labute approximate surface area is 134 Å². The number of thiophene rings is 1. The highest BCUT2D eigenvalue weighted by atomic mass is 32.1. The molecule has 0 aromatic carbocycles. The van der Waals surface area contributed by atoms with Crippen molar-refractivity contribution in [2.45, 2.75) is 51.1 Å². The average Bonchev–Trinajstić information content (AvgIpc) is 3.18. The van der Waals surface area contributed by atoms with E-state index in [0.29, 0.717) is 6.54 Å². The second-order valence-corrected chi connectivity index (χ2v) is 7.19. The van der Waals surface area contributed by atoms with E-state index in [1.54, 1.807) is 16.2 Å². The van der Waals surface area contributed by atoms with Gasteiger partial charge in [0.1, 0.15) is 6.04 Å². The lowest BCUT2D eigenvalue weighted by atomic mass is 10.1. The van der Waals surface area contributed by atoms with Crippen molar-refractivity contribution in [1.29, 1.82) is 0 Å². The molecule has 0 unspecified atom stereocenters. The minimum absolute atomic E-state index is 0.0151. The van der Waals surface area contributed by atoms with Crippen molar-refractivity contribution in [1.82, 2.24) is 10.2 Å². The summed E-state index contributed by atoms with van der Waals surface area (Å²) in [6.45, 7) is 1.33. The fraction of sp³-hybridized carbons (Fsp3) is 0.529. The van der Waals surface area contributed by atoms with Crippen molar-refractivity contribution >= 4 is 28.7 Å². The first-order valence-electron chi connectivity index (χ1n) is 8.14. The topological polar surface area (TPSA) is 49.4 Å². The third-order valence-electron chi connectivity index (χ3n) is 4.93. The zero-order valence-corrected chi connectivity index (χ0v) is 13.4. The molecule has 22 heavy (non-hydrogen) atoms. The number of rotatable bonds is 2. The van der Waals surface area contributed by atoms with E-state index < -0.39 is 0 Å². The van der Waals surface area contributed by atoms with Crippen molar-refractivity contribution in [2.24, 2.45) is 0 Å². The molecule has 1 aromatic heterocycles. The molecule has 3 heterocycles. The van der Waals surface area contributed by atoms with Crippen LogP contribution in [0.15, 0.2) is 11.5 Å². The standard InChI is InChI=1S/C17H20N2O2S/c20-16-14(7-3-4-8-18-16)19-9-12-13(17(19)21)10-22-15(12)11-5-1-2-6-11/h5,10,14H,1-4,6-9H2,(H,18,20)/t14-/m0/s1. The molecule has 0 bridgehead atoms. The van der Waals surface area contributed by atoms with Crippen LogP contribution in [0.5, 0.6) is 0 Å². The second kappa shape index (κ2) is 5.54. The Kier molecular flexibility index (Phi) is 3.53. The maximum atomic E-state index is 12.7. The van der Waals surface area contributed by atoms with E-state index in [1.165, 1.54) is 16.9 Å². The van der Waals surface area contributed by atoms with Crippen LogP contribution in [0.2, 0.25) is 0 Å². The van der Waals surface area contributed by atoms with E-state index in [4.69, 9.17) is 0 Å². The molecular formula is C17H20N2O2S. The van der Waals surface area contributed by atoms with Gasteiger partial charge in [0.05, 0.1) is 5.56 Å². The highest BCUT2D eigenvalue weighted by Gasteiger charge is 2.39. The van der Waals surface area contributed by atoms with Crippen molar-refractivity contribution in [3.8, 4) is 0 Å². The number of hydrogen-bond donors (Lipinski definition) is 1. The summed E-state index contributed by atoms with van der Waals surface area (Å²) < 4.78 is 0. The maximum absolute atomic E-state index is 12.7. The quantitative estimate of drug-likeness (QED) is 0.912. The van der Waals surface area contributed by atoms with Crippen LogP contribution >= 0.6 is 11.3 Å². The SMILES string of the molecule is O=C1NCCCC[C@@H]1N1Cc2c(csc2C2=CCCC2)C1=O. The summed E-state index contributed by atoms with van der Waals surface area (Å²) in [5.74, 6) is 0.0551. The normalized spacial score (nSPS) is 25.0. The molecule has 0 spiro atoms. The predicted molar refractivity (Wildman–Crippen MR) is 86.7 cm³/mol. The molecule has 1 aliphatic carbocycles. The van der Waals surface area contributed by atoms with E-state index in [0.717, 1.165) is 49.8 Å². The Balaban J connectivity index is 1.62. The van der Waals surface area contributed by atoms with Crippen molar-refractivity contribution in [3.05, 3.63) is 27.5 Å². The number of carbonyl (C=O) groups is 2. The average molecular weight is 316 g/mol. The molecule has 1 saturated heterocycles. The number of hydrogen-bond acceptors (Lipinski definition) is 3. The lowest BCUT2D eigenvalue weighted by molar-refractivity contribution is -0.125. The van der Waals surface area contributed by atoms with Gasteiger partial charge in [-0.25, -0.2) is 0 Å². The number of fused-ring (bicyclic) bond motifs is 1. The Morgan fingerprint density at radius 2 is 2.14 bits per heavy atom. The molecule has 1 atom stereocenters. The Morgan fingerprint density at radius 1 is 1.23 bits per heavy atom. The molecule has 116 valence electrons. The molecule has 1 fully saturated rings. The summed E-state index contributed by atoms with van der Waals surface area (Å²) in [7, 11) is 0. The molecule has 0 saturated carbocycles. The van der Waals surface area contributed by atoms with Crippen molar-refractivity contribution in [2.75, 3.05) is 6.54 Å². The van der Waals surface area contributed by atoms with Gasteiger partial charge in [-0.15, -0.1) is 11.3 Å². The molecule has 4 rings (SSSR count). The first-order valence-corrected chi connectivity index (χ1v) is 9.02. The van der Waals surface area contributed by atoms with Crippen LogP contribution in [0.25, 0.3) is 5.57 Å². The van der Waals surface area contributed by atoms with E-state index >= 15 is 0 Å². The molecule has 1 N–H and O–H groups in total. The molecule has 5 heteroatoms. The summed E-state index contributed by atoms with van der Waals surface area (Å²) in [5, 5.41) is 4.93. The molecule has 1 aromatic rings. The number of allylic oxidation sites excluding steroid dienone is 2. The summed E-state index contributed by atoms with van der Waals surface area (Å²) in [6.07, 6.45) is 8.56. The highest BCUT2D eigenvalue weighted by Crippen LogP contribution is 2.40. The van der Waals surface area contributed by atoms with Crippen LogP contribution in [0.1, 0.15) is 59.3 Å². The maximum Gasteiger partial charge on any atom is 0.256 e. The molecule has 2 amide bonds. The molecule has 4 nitrogen and oxygen atoms in total. The monoisotopic (exact) mass is 316 g/mol. The predicted octanol–water partition coefficient (Wildman–Crippen LogP) is 2.94.